The van der Waals surface area contributed by atoms with Crippen molar-refractivity contribution < 1.29 is 89.4 Å². The molecule has 3 saturated heterocycles. The van der Waals surface area contributed by atoms with Crippen LogP contribution < -0.4 is 5.32 Å². The number of aliphatic hydroxyl groups is 11. The normalized spacial score (nSPS) is 25.5. The van der Waals surface area contributed by atoms with E-state index in [0.29, 0.717) is 12.8 Å². The summed E-state index contributed by atoms with van der Waals surface area (Å²) < 4.78 is 34.6. The maximum absolute atomic E-state index is 13.5. The fourth-order valence-corrected chi connectivity index (χ4v) is 15.5. The number of unbranched alkanes of at least 4 members (excludes halogenated alkanes) is 50. The summed E-state index contributed by atoms with van der Waals surface area (Å²) >= 11 is 0. The van der Waals surface area contributed by atoms with Crippen LogP contribution in [0.2, 0.25) is 0 Å². The van der Waals surface area contributed by atoms with Crippen LogP contribution >= 0.6 is 0 Å². The minimum atomic E-state index is -1.97. The van der Waals surface area contributed by atoms with Gasteiger partial charge in [-0.2, -0.15) is 0 Å². The third-order valence-electron chi connectivity index (χ3n) is 22.7. The highest BCUT2D eigenvalue weighted by atomic mass is 16.8. The Labute approximate surface area is 663 Å². The highest BCUT2D eigenvalue weighted by molar-refractivity contribution is 5.76. The van der Waals surface area contributed by atoms with Crippen molar-refractivity contribution in [3.8, 4) is 0 Å². The second kappa shape index (κ2) is 70.0. The summed E-state index contributed by atoms with van der Waals surface area (Å²) in [4.78, 5) is 13.5. The Balaban J connectivity index is 1.31. The molecule has 0 bridgehead atoms. The van der Waals surface area contributed by atoms with Gasteiger partial charge in [0, 0.05) is 6.42 Å². The Morgan fingerprint density at radius 1 is 0.339 bits per heavy atom. The predicted octanol–water partition coefficient (Wildman–Crippen LogP) is 17.2. The maximum Gasteiger partial charge on any atom is 0.220 e. The van der Waals surface area contributed by atoms with Crippen molar-refractivity contribution in [3.63, 3.8) is 0 Å². The molecule has 0 aromatic carbocycles. The largest absolute Gasteiger partial charge is 0.394 e. The Bertz CT molecular complexity index is 2150. The molecule has 12 N–H and O–H groups in total. The van der Waals surface area contributed by atoms with Gasteiger partial charge in [-0.25, -0.2) is 0 Å². The molecule has 1 amide bonds. The molecule has 0 spiro atoms. The van der Waals surface area contributed by atoms with E-state index >= 15 is 0 Å². The quantitative estimate of drug-likeness (QED) is 0.0199. The fourth-order valence-electron chi connectivity index (χ4n) is 15.5. The summed E-state index contributed by atoms with van der Waals surface area (Å²) in [7, 11) is 0. The average Bonchev–Trinajstić information content (AvgIpc) is 0.749. The van der Waals surface area contributed by atoms with E-state index in [1.807, 2.05) is 0 Å². The summed E-state index contributed by atoms with van der Waals surface area (Å²) in [6, 6.07) is -0.888. The third-order valence-corrected chi connectivity index (χ3v) is 22.7. The average molecular weight is 1550 g/mol. The summed E-state index contributed by atoms with van der Waals surface area (Å²) in [5.41, 5.74) is 0. The molecule has 3 aliphatic rings. The second-order valence-corrected chi connectivity index (χ2v) is 32.4. The number of rotatable bonds is 74. The van der Waals surface area contributed by atoms with Gasteiger partial charge in [-0.1, -0.05) is 377 Å². The molecule has 17 atom stereocenters. The molecule has 0 aliphatic carbocycles. The van der Waals surface area contributed by atoms with Gasteiger partial charge in [-0.3, -0.25) is 4.79 Å². The van der Waals surface area contributed by atoms with Crippen LogP contribution in [0.1, 0.15) is 386 Å². The van der Waals surface area contributed by atoms with E-state index in [0.717, 1.165) is 70.6 Å². The van der Waals surface area contributed by atoms with E-state index in [1.54, 1.807) is 0 Å². The maximum atomic E-state index is 13.5. The highest BCUT2D eigenvalue weighted by Gasteiger charge is 2.54. The van der Waals surface area contributed by atoms with Crippen molar-refractivity contribution in [2.45, 2.75) is 491 Å². The molecule has 3 fully saturated rings. The fraction of sp³-hybridized carbons (Fsp3) is 0.900. The lowest BCUT2D eigenvalue weighted by Gasteiger charge is -2.48. The lowest BCUT2D eigenvalue weighted by Crippen LogP contribution is -2.66. The molecule has 3 rings (SSSR count). The van der Waals surface area contributed by atoms with Crippen molar-refractivity contribution in [2.75, 3.05) is 26.4 Å². The number of allylic oxidation sites excluding steroid dienone is 8. The van der Waals surface area contributed by atoms with Crippen LogP contribution in [0, 0.1) is 0 Å². The number of carbonyl (C=O) groups excluding carboxylic acids is 1. The Morgan fingerprint density at radius 2 is 0.633 bits per heavy atom. The summed E-state index contributed by atoms with van der Waals surface area (Å²) in [5.74, 6) is -0.235. The van der Waals surface area contributed by atoms with Gasteiger partial charge >= 0.3 is 0 Å². The number of ether oxygens (including phenoxy) is 6. The molecule has 19 heteroatoms. The standard InChI is InChI=1S/C90H167NO18/c1-3-5-7-9-11-13-15-17-19-21-23-25-27-29-31-33-34-35-36-37-38-40-42-44-46-48-50-52-54-56-58-60-62-64-66-68-78(96)91-73(74(95)67-65-63-61-59-57-55-53-51-49-47-45-43-41-39-32-30-28-26-24-22-20-18-16-14-12-10-8-6-4-2)72-104-88-84(102)81(99)86(76(70-93)106-88)109-90-85(103)82(100)87(77(71-94)107-90)108-89-83(101)80(98)79(97)75(69-92)105-89/h5,7,11,13,17,19,23,25,73-77,79-90,92-95,97-103H,3-4,6,8-10,12,14-16,18,20-22,24,26-72H2,1-2H3,(H,91,96)/b7-5-,13-11-,19-17-,25-23-. The number of amides is 1. The third kappa shape index (κ3) is 48.8. The lowest BCUT2D eigenvalue weighted by atomic mass is 9.96. The van der Waals surface area contributed by atoms with Gasteiger partial charge in [0.2, 0.25) is 5.91 Å². The summed E-state index contributed by atoms with van der Waals surface area (Å²) in [6.07, 6.45) is 63.6. The zero-order valence-corrected chi connectivity index (χ0v) is 69.1. The van der Waals surface area contributed by atoms with E-state index in [2.05, 4.69) is 67.8 Å². The number of carbonyl (C=O) groups is 1. The van der Waals surface area contributed by atoms with E-state index in [9.17, 15) is 61.0 Å². The van der Waals surface area contributed by atoms with Gasteiger partial charge in [-0.15, -0.1) is 0 Å². The lowest BCUT2D eigenvalue weighted by molar-refractivity contribution is -0.379. The van der Waals surface area contributed by atoms with Gasteiger partial charge in [0.1, 0.15) is 73.2 Å². The number of hydrogen-bond donors (Lipinski definition) is 12. The first-order chi connectivity index (χ1) is 53.3. The van der Waals surface area contributed by atoms with Gasteiger partial charge in [0.05, 0.1) is 38.6 Å². The van der Waals surface area contributed by atoms with Crippen LogP contribution in [0.5, 0.6) is 0 Å². The second-order valence-electron chi connectivity index (χ2n) is 32.4. The Kier molecular flexibility index (Phi) is 64.8. The highest BCUT2D eigenvalue weighted by Crippen LogP contribution is 2.34. The zero-order valence-electron chi connectivity index (χ0n) is 69.1. The molecule has 0 saturated carbocycles. The van der Waals surface area contributed by atoms with Crippen molar-refractivity contribution in [1.29, 1.82) is 0 Å². The summed E-state index contributed by atoms with van der Waals surface area (Å²) in [6.45, 7) is 1.76. The van der Waals surface area contributed by atoms with Gasteiger partial charge in [-0.05, 0) is 51.4 Å². The summed E-state index contributed by atoms with van der Waals surface area (Å²) in [5, 5.41) is 121. The van der Waals surface area contributed by atoms with Crippen molar-refractivity contribution in [3.05, 3.63) is 48.6 Å². The first kappa shape index (κ1) is 101. The van der Waals surface area contributed by atoms with E-state index < -0.39 is 124 Å². The number of nitrogens with one attached hydrogen (secondary N) is 1. The topological polar surface area (TPSA) is 307 Å². The first-order valence-electron chi connectivity index (χ1n) is 45.4. The molecule has 0 aromatic heterocycles. The molecule has 3 aliphatic heterocycles. The molecular weight excluding hydrogens is 1380 g/mol. The predicted molar refractivity (Wildman–Crippen MR) is 439 cm³/mol. The number of hydrogen-bond acceptors (Lipinski definition) is 18. The van der Waals surface area contributed by atoms with Gasteiger partial charge < -0.3 is 89.9 Å². The zero-order chi connectivity index (χ0) is 78.8. The molecule has 19 nitrogen and oxygen atoms in total. The van der Waals surface area contributed by atoms with Gasteiger partial charge in [0.25, 0.3) is 0 Å². The molecular formula is C90H167NO18. The SMILES string of the molecule is CC/C=C\C/C=C\C/C=C\C/C=C\CCCCCCCCCCCCCCCCCCCCCCCCC(=O)NC(COC1OC(CO)C(OC2OC(CO)C(OC3OC(CO)C(O)C(O)C3O)C(O)C2O)C(O)C1O)C(O)CCCCCCCCCCCCCCCCCCCCCCCCCCCCCCC. The van der Waals surface area contributed by atoms with Crippen LogP contribution in [0.4, 0.5) is 0 Å². The minimum Gasteiger partial charge on any atom is -0.394 e. The van der Waals surface area contributed by atoms with E-state index in [4.69, 9.17) is 28.4 Å². The molecule has 0 radical (unpaired) electrons. The monoisotopic (exact) mass is 1550 g/mol. The molecule has 17 unspecified atom stereocenters. The minimum absolute atomic E-state index is 0.235. The Morgan fingerprint density at radius 3 is 0.991 bits per heavy atom. The van der Waals surface area contributed by atoms with Crippen molar-refractivity contribution in [2.24, 2.45) is 0 Å². The van der Waals surface area contributed by atoms with Crippen LogP contribution in [-0.4, -0.2) is 193 Å². The molecule has 0 aromatic rings. The van der Waals surface area contributed by atoms with Crippen LogP contribution in [0.25, 0.3) is 0 Å². The van der Waals surface area contributed by atoms with E-state index in [1.165, 1.54) is 283 Å². The first-order valence-corrected chi connectivity index (χ1v) is 45.4. The molecule has 640 valence electrons. The van der Waals surface area contributed by atoms with Crippen LogP contribution in [-0.2, 0) is 33.2 Å². The number of aliphatic hydroxyl groups excluding tert-OH is 11. The smallest absolute Gasteiger partial charge is 0.220 e. The van der Waals surface area contributed by atoms with Crippen molar-refractivity contribution >= 4 is 5.91 Å². The van der Waals surface area contributed by atoms with Crippen LogP contribution in [0.15, 0.2) is 48.6 Å². The molecule has 109 heavy (non-hydrogen) atoms. The van der Waals surface area contributed by atoms with Crippen molar-refractivity contribution in [1.82, 2.24) is 5.32 Å². The van der Waals surface area contributed by atoms with Gasteiger partial charge in [0.15, 0.2) is 18.9 Å². The van der Waals surface area contributed by atoms with E-state index in [-0.39, 0.29) is 18.9 Å². The molecule has 3 heterocycles. The Hall–Kier alpha value is -2.25. The van der Waals surface area contributed by atoms with Crippen LogP contribution in [0.3, 0.4) is 0 Å².